The highest BCUT2D eigenvalue weighted by Crippen LogP contribution is 2.27. The van der Waals surface area contributed by atoms with Crippen LogP contribution in [0.1, 0.15) is 15.9 Å². The van der Waals surface area contributed by atoms with Crippen LogP contribution in [0.2, 0.25) is 0 Å². The molecule has 0 aliphatic rings. The topological polar surface area (TPSA) is 88.8 Å². The second-order valence-corrected chi connectivity index (χ2v) is 6.45. The van der Waals surface area contributed by atoms with E-state index in [4.69, 9.17) is 0 Å². The van der Waals surface area contributed by atoms with Gasteiger partial charge in [-0.1, -0.05) is 12.7 Å². The fourth-order valence-corrected chi connectivity index (χ4v) is 3.17. The quantitative estimate of drug-likeness (QED) is 0.432. The van der Waals surface area contributed by atoms with Gasteiger partial charge in [-0.05, 0) is 48.0 Å². The molecule has 0 spiro atoms. The summed E-state index contributed by atoms with van der Waals surface area (Å²) < 4.78 is 30.9. The first-order valence-corrected chi connectivity index (χ1v) is 9.10. The van der Waals surface area contributed by atoms with E-state index in [2.05, 4.69) is 26.6 Å². The maximum absolute atomic E-state index is 12.4. The van der Waals surface area contributed by atoms with Gasteiger partial charge in [-0.3, -0.25) is 4.40 Å². The van der Waals surface area contributed by atoms with Crippen molar-refractivity contribution in [2.45, 2.75) is 6.61 Å². The molecule has 9 heteroatoms. The number of aromatic carboxylic acids is 1. The van der Waals surface area contributed by atoms with Gasteiger partial charge in [0.15, 0.2) is 11.5 Å². The molecule has 2 aromatic heterocycles. The van der Waals surface area contributed by atoms with E-state index in [0.29, 0.717) is 22.7 Å². The number of fused-ring (bicyclic) bond motifs is 1. The van der Waals surface area contributed by atoms with E-state index in [1.165, 1.54) is 24.3 Å². The van der Waals surface area contributed by atoms with Crippen molar-refractivity contribution < 1.29 is 23.4 Å². The molecule has 2 heterocycles. The largest absolute Gasteiger partial charge is 0.478 e. The van der Waals surface area contributed by atoms with Crippen molar-refractivity contribution in [3.63, 3.8) is 0 Å². The van der Waals surface area contributed by atoms with Gasteiger partial charge in [-0.15, -0.1) is 0 Å². The summed E-state index contributed by atoms with van der Waals surface area (Å²) in [5.74, 6) is -0.506. The number of nitrogens with zero attached hydrogens (tertiary/aromatic N) is 3. The Kier molecular flexibility index (Phi) is 5.31. The number of ether oxygens (including phenoxy) is 1. The third-order valence-electron chi connectivity index (χ3n) is 4.57. The number of nitrogens with one attached hydrogen (secondary N) is 1. The fraction of sp³-hybridized carbons (Fsp3) is 0.0455. The third-order valence-corrected chi connectivity index (χ3v) is 4.57. The predicted octanol–water partition coefficient (Wildman–Crippen LogP) is 5.08. The summed E-state index contributed by atoms with van der Waals surface area (Å²) in [6.45, 7) is 0.775. The SMILES string of the molecule is C=Cc1cc(Nc2nccn3c(-c4ccc(OC(F)F)cc4)cnc23)ccc1C(=O)O. The summed E-state index contributed by atoms with van der Waals surface area (Å²) in [4.78, 5) is 20.0. The van der Waals surface area contributed by atoms with E-state index in [1.54, 1.807) is 47.3 Å². The van der Waals surface area contributed by atoms with Gasteiger partial charge in [0.1, 0.15) is 5.75 Å². The van der Waals surface area contributed by atoms with Crippen molar-refractivity contribution in [2.75, 3.05) is 5.32 Å². The van der Waals surface area contributed by atoms with Crippen molar-refractivity contribution >= 4 is 29.2 Å². The minimum absolute atomic E-state index is 0.0689. The second-order valence-electron chi connectivity index (χ2n) is 6.45. The van der Waals surface area contributed by atoms with Gasteiger partial charge in [0, 0.05) is 23.6 Å². The van der Waals surface area contributed by atoms with Crippen molar-refractivity contribution in [3.05, 3.63) is 78.8 Å². The smallest absolute Gasteiger partial charge is 0.387 e. The van der Waals surface area contributed by atoms with Crippen LogP contribution in [0.3, 0.4) is 0 Å². The molecule has 0 saturated carbocycles. The van der Waals surface area contributed by atoms with E-state index < -0.39 is 12.6 Å². The minimum atomic E-state index is -2.88. The van der Waals surface area contributed by atoms with Gasteiger partial charge in [0.05, 0.1) is 17.5 Å². The number of imidazole rings is 1. The highest BCUT2D eigenvalue weighted by Gasteiger charge is 2.13. The minimum Gasteiger partial charge on any atom is -0.478 e. The molecular formula is C22H16F2N4O3. The van der Waals surface area contributed by atoms with Crippen LogP contribution in [-0.4, -0.2) is 32.1 Å². The number of carboxylic acids is 1. The summed E-state index contributed by atoms with van der Waals surface area (Å²) >= 11 is 0. The molecule has 2 N–H and O–H groups in total. The normalized spacial score (nSPS) is 10.9. The van der Waals surface area contributed by atoms with Gasteiger partial charge in [0.25, 0.3) is 0 Å². The number of carbonyl (C=O) groups is 1. The lowest BCUT2D eigenvalue weighted by molar-refractivity contribution is -0.0498. The van der Waals surface area contributed by atoms with Gasteiger partial charge in [-0.25, -0.2) is 14.8 Å². The van der Waals surface area contributed by atoms with Crippen molar-refractivity contribution in [3.8, 4) is 17.0 Å². The van der Waals surface area contributed by atoms with Crippen LogP contribution < -0.4 is 10.1 Å². The van der Waals surface area contributed by atoms with Crippen LogP contribution >= 0.6 is 0 Å². The van der Waals surface area contributed by atoms with E-state index in [9.17, 15) is 18.7 Å². The average Bonchev–Trinajstić information content (AvgIpc) is 3.19. The molecule has 4 aromatic rings. The monoisotopic (exact) mass is 422 g/mol. The average molecular weight is 422 g/mol. The Morgan fingerprint density at radius 2 is 1.97 bits per heavy atom. The first-order valence-electron chi connectivity index (χ1n) is 9.10. The van der Waals surface area contributed by atoms with Crippen LogP contribution in [0.25, 0.3) is 23.0 Å². The number of hydrogen-bond acceptors (Lipinski definition) is 5. The Bertz CT molecular complexity index is 1270. The Morgan fingerprint density at radius 3 is 2.65 bits per heavy atom. The van der Waals surface area contributed by atoms with E-state index in [0.717, 1.165) is 11.3 Å². The summed E-state index contributed by atoms with van der Waals surface area (Å²) in [6, 6.07) is 11.0. The van der Waals surface area contributed by atoms with Crippen molar-refractivity contribution in [1.82, 2.24) is 14.4 Å². The molecule has 0 amide bonds. The van der Waals surface area contributed by atoms with Crippen LogP contribution in [0.5, 0.6) is 5.75 Å². The molecule has 0 unspecified atom stereocenters. The number of carboxylic acid groups (broad SMARTS) is 1. The summed E-state index contributed by atoms with van der Waals surface area (Å²) in [5.41, 5.74) is 3.27. The predicted molar refractivity (Wildman–Crippen MR) is 112 cm³/mol. The molecule has 0 bridgehead atoms. The molecule has 0 fully saturated rings. The zero-order valence-corrected chi connectivity index (χ0v) is 16.0. The maximum Gasteiger partial charge on any atom is 0.387 e. The molecule has 0 aliphatic heterocycles. The Labute approximate surface area is 175 Å². The summed E-state index contributed by atoms with van der Waals surface area (Å²) in [6.07, 6.45) is 6.44. The molecule has 2 aromatic carbocycles. The summed E-state index contributed by atoms with van der Waals surface area (Å²) in [7, 11) is 0. The number of halogens is 2. The van der Waals surface area contributed by atoms with Crippen molar-refractivity contribution in [1.29, 1.82) is 0 Å². The lowest BCUT2D eigenvalue weighted by atomic mass is 10.1. The Balaban J connectivity index is 1.67. The van der Waals surface area contributed by atoms with Crippen molar-refractivity contribution in [2.24, 2.45) is 0 Å². The van der Waals surface area contributed by atoms with Gasteiger partial charge >= 0.3 is 12.6 Å². The standard InChI is InChI=1S/C22H16F2N4O3/c1-2-13-11-15(5-8-17(13)21(29)30)27-19-20-26-12-18(28(20)10-9-25-19)14-3-6-16(7-4-14)31-22(23)24/h2-12,22H,1H2,(H,25,27)(H,29,30). The number of alkyl halides is 2. The lowest BCUT2D eigenvalue weighted by Gasteiger charge is -2.10. The molecule has 4 rings (SSSR count). The van der Waals surface area contributed by atoms with Gasteiger partial charge in [-0.2, -0.15) is 8.78 Å². The number of anilines is 2. The first-order chi connectivity index (χ1) is 15.0. The third kappa shape index (κ3) is 4.06. The molecule has 0 aliphatic carbocycles. The summed E-state index contributed by atoms with van der Waals surface area (Å²) in [5, 5.41) is 12.4. The fourth-order valence-electron chi connectivity index (χ4n) is 3.17. The van der Waals surface area contributed by atoms with Crippen LogP contribution in [0, 0.1) is 0 Å². The highest BCUT2D eigenvalue weighted by atomic mass is 19.3. The zero-order valence-electron chi connectivity index (χ0n) is 16.0. The number of hydrogen-bond donors (Lipinski definition) is 2. The van der Waals surface area contributed by atoms with Crippen LogP contribution in [-0.2, 0) is 0 Å². The molecule has 0 saturated heterocycles. The second kappa shape index (κ2) is 8.23. The van der Waals surface area contributed by atoms with E-state index in [1.807, 2.05) is 0 Å². The molecule has 0 atom stereocenters. The van der Waals surface area contributed by atoms with Gasteiger partial charge < -0.3 is 15.2 Å². The molecule has 7 nitrogen and oxygen atoms in total. The van der Waals surface area contributed by atoms with E-state index in [-0.39, 0.29) is 11.3 Å². The van der Waals surface area contributed by atoms with E-state index >= 15 is 0 Å². The first kappa shape index (κ1) is 20.0. The van der Waals surface area contributed by atoms with Crippen LogP contribution in [0.15, 0.2) is 67.6 Å². The van der Waals surface area contributed by atoms with Gasteiger partial charge in [0.2, 0.25) is 0 Å². The Hall–Kier alpha value is -4.27. The molecule has 31 heavy (non-hydrogen) atoms. The van der Waals surface area contributed by atoms with Crippen LogP contribution in [0.4, 0.5) is 20.3 Å². The molecule has 156 valence electrons. The zero-order chi connectivity index (χ0) is 22.0. The Morgan fingerprint density at radius 1 is 1.19 bits per heavy atom. The maximum atomic E-state index is 12.4. The number of benzene rings is 2. The number of rotatable bonds is 7. The number of aromatic nitrogens is 3. The molecular weight excluding hydrogens is 406 g/mol. The lowest BCUT2D eigenvalue weighted by Crippen LogP contribution is -2.02. The highest BCUT2D eigenvalue weighted by molar-refractivity contribution is 5.93. The molecule has 0 radical (unpaired) electrons.